The Morgan fingerprint density at radius 3 is 2.17 bits per heavy atom. The quantitative estimate of drug-likeness (QED) is 0.496. The highest BCUT2D eigenvalue weighted by Gasteiger charge is 2.36. The smallest absolute Gasteiger partial charge is 0.257 e. The van der Waals surface area contributed by atoms with Crippen LogP contribution in [-0.2, 0) is 0 Å². The third-order valence-corrected chi connectivity index (χ3v) is 1.97. The number of alkyl halides is 3. The highest BCUT2D eigenvalue weighted by Crippen LogP contribution is 2.21. The third kappa shape index (κ3) is 4.75. The van der Waals surface area contributed by atoms with Gasteiger partial charge >= 0.3 is 6.18 Å². The zero-order valence-electron chi connectivity index (χ0n) is 9.72. The number of aliphatic imine (C=N–C) groups is 1. The second kappa shape index (κ2) is 5.86. The van der Waals surface area contributed by atoms with Crippen LogP contribution in [-0.4, -0.2) is 17.7 Å². The molecule has 0 aliphatic heterocycles. The lowest BCUT2D eigenvalue weighted by molar-refractivity contribution is -0.0617. The summed E-state index contributed by atoms with van der Waals surface area (Å²) in [7, 11) is 0. The van der Waals surface area contributed by atoms with Gasteiger partial charge < -0.3 is 0 Å². The molecule has 0 aliphatic rings. The van der Waals surface area contributed by atoms with Gasteiger partial charge in [-0.2, -0.15) is 18.3 Å². The van der Waals surface area contributed by atoms with E-state index in [1.165, 1.54) is 24.3 Å². The Bertz CT molecular complexity index is 459. The van der Waals surface area contributed by atoms with Crippen molar-refractivity contribution in [3.8, 4) is 0 Å². The Morgan fingerprint density at radius 1 is 1.17 bits per heavy atom. The van der Waals surface area contributed by atoms with Crippen molar-refractivity contribution in [3.05, 3.63) is 29.3 Å². The van der Waals surface area contributed by atoms with E-state index in [1.54, 1.807) is 13.8 Å². The summed E-state index contributed by atoms with van der Waals surface area (Å²) in [5.41, 5.74) is 2.51. The second-order valence-corrected chi connectivity index (χ2v) is 4.04. The average Bonchev–Trinajstić information content (AvgIpc) is 2.24. The lowest BCUT2D eigenvalue weighted by Crippen LogP contribution is -2.34. The van der Waals surface area contributed by atoms with Gasteiger partial charge in [-0.05, 0) is 38.1 Å². The largest absolute Gasteiger partial charge is 0.451 e. The Balaban J connectivity index is 3.02. The molecule has 0 radical (unpaired) electrons. The van der Waals surface area contributed by atoms with Crippen LogP contribution < -0.4 is 5.43 Å². The van der Waals surface area contributed by atoms with Crippen LogP contribution in [0.5, 0.6) is 0 Å². The number of benzene rings is 1. The topological polar surface area (TPSA) is 36.8 Å². The van der Waals surface area contributed by atoms with Gasteiger partial charge in [-0.15, -0.1) is 0 Å². The van der Waals surface area contributed by atoms with Gasteiger partial charge in [-0.3, -0.25) is 5.43 Å². The first kappa shape index (κ1) is 14.5. The Hall–Kier alpha value is -1.56. The first-order chi connectivity index (χ1) is 8.29. The molecule has 0 spiro atoms. The molecule has 0 atom stereocenters. The van der Waals surface area contributed by atoms with E-state index in [9.17, 15) is 13.2 Å². The Kier molecular flexibility index (Phi) is 4.72. The summed E-state index contributed by atoms with van der Waals surface area (Å²) in [4.78, 5) is 3.46. The van der Waals surface area contributed by atoms with E-state index in [2.05, 4.69) is 10.1 Å². The zero-order chi connectivity index (χ0) is 13.8. The molecule has 1 aromatic rings. The summed E-state index contributed by atoms with van der Waals surface area (Å²) in [5.74, 6) is -1.17. The van der Waals surface area contributed by atoms with Crippen LogP contribution in [0.15, 0.2) is 34.4 Å². The van der Waals surface area contributed by atoms with Crippen molar-refractivity contribution in [3.63, 3.8) is 0 Å². The molecule has 0 saturated carbocycles. The van der Waals surface area contributed by atoms with Crippen LogP contribution in [0.25, 0.3) is 0 Å². The molecule has 1 aromatic carbocycles. The molecule has 7 heteroatoms. The molecule has 0 saturated heterocycles. The van der Waals surface area contributed by atoms with Crippen molar-refractivity contribution in [2.75, 3.05) is 0 Å². The number of nitrogens with one attached hydrogen (secondary N) is 1. The van der Waals surface area contributed by atoms with E-state index in [0.29, 0.717) is 10.7 Å². The number of hydrazone groups is 1. The molecule has 98 valence electrons. The molecule has 18 heavy (non-hydrogen) atoms. The fourth-order valence-corrected chi connectivity index (χ4v) is 1.09. The molecule has 0 heterocycles. The number of amidine groups is 1. The maximum Gasteiger partial charge on any atom is 0.451 e. The summed E-state index contributed by atoms with van der Waals surface area (Å²) < 4.78 is 37.9. The van der Waals surface area contributed by atoms with Crippen molar-refractivity contribution < 1.29 is 13.2 Å². The van der Waals surface area contributed by atoms with E-state index in [-0.39, 0.29) is 5.69 Å². The van der Waals surface area contributed by atoms with Crippen LogP contribution in [0.3, 0.4) is 0 Å². The predicted molar refractivity (Wildman–Crippen MR) is 66.5 cm³/mol. The van der Waals surface area contributed by atoms with Crippen LogP contribution in [0, 0.1) is 0 Å². The molecule has 1 rings (SSSR count). The van der Waals surface area contributed by atoms with E-state index >= 15 is 0 Å². The van der Waals surface area contributed by atoms with Crippen molar-refractivity contribution >= 4 is 28.8 Å². The molecule has 0 fully saturated rings. The lowest BCUT2D eigenvalue weighted by Gasteiger charge is -2.09. The first-order valence-corrected chi connectivity index (χ1v) is 5.35. The summed E-state index contributed by atoms with van der Waals surface area (Å²) in [6, 6.07) is 5.70. The highest BCUT2D eigenvalue weighted by atomic mass is 35.5. The van der Waals surface area contributed by atoms with Gasteiger partial charge in [0.2, 0.25) is 5.84 Å². The zero-order valence-corrected chi connectivity index (χ0v) is 10.5. The number of halogens is 4. The highest BCUT2D eigenvalue weighted by molar-refractivity contribution is 6.30. The summed E-state index contributed by atoms with van der Waals surface area (Å²) in [5, 5.41) is 3.92. The van der Waals surface area contributed by atoms with Gasteiger partial charge in [0, 0.05) is 10.7 Å². The normalized spacial score (nSPS) is 12.2. The minimum atomic E-state index is -4.60. The van der Waals surface area contributed by atoms with Crippen molar-refractivity contribution in [2.45, 2.75) is 20.0 Å². The van der Waals surface area contributed by atoms with Crippen LogP contribution in [0.2, 0.25) is 5.02 Å². The number of nitrogens with zero attached hydrogens (tertiary/aromatic N) is 2. The number of rotatable bonds is 2. The van der Waals surface area contributed by atoms with Crippen LogP contribution in [0.1, 0.15) is 13.8 Å². The van der Waals surface area contributed by atoms with Gasteiger partial charge in [-0.1, -0.05) is 11.6 Å². The van der Waals surface area contributed by atoms with Gasteiger partial charge in [0.15, 0.2) is 0 Å². The van der Waals surface area contributed by atoms with Gasteiger partial charge in [-0.25, -0.2) is 4.99 Å². The molecule has 3 nitrogen and oxygen atoms in total. The van der Waals surface area contributed by atoms with Crippen LogP contribution >= 0.6 is 11.6 Å². The second-order valence-electron chi connectivity index (χ2n) is 3.61. The van der Waals surface area contributed by atoms with Crippen molar-refractivity contribution in [1.82, 2.24) is 5.43 Å². The van der Waals surface area contributed by atoms with Gasteiger partial charge in [0.25, 0.3) is 0 Å². The van der Waals surface area contributed by atoms with Crippen molar-refractivity contribution in [2.24, 2.45) is 10.1 Å². The minimum Gasteiger partial charge on any atom is -0.257 e. The van der Waals surface area contributed by atoms with Gasteiger partial charge in [0.1, 0.15) is 0 Å². The SMILES string of the molecule is CC(C)=NNC(=Nc1ccc(Cl)cc1)C(F)(F)F. The maximum absolute atomic E-state index is 12.6. The van der Waals surface area contributed by atoms with Crippen LogP contribution in [0.4, 0.5) is 18.9 Å². The molecule has 0 amide bonds. The molecule has 0 unspecified atom stereocenters. The molecule has 0 bridgehead atoms. The fourth-order valence-electron chi connectivity index (χ4n) is 0.961. The Morgan fingerprint density at radius 2 is 1.72 bits per heavy atom. The standard InChI is InChI=1S/C11H11ClF3N3/c1-7(2)17-18-10(11(13,14)15)16-9-5-3-8(12)4-6-9/h3-6H,1-2H3,(H,16,18). The fraction of sp³-hybridized carbons (Fsp3) is 0.273. The third-order valence-electron chi connectivity index (χ3n) is 1.72. The average molecular weight is 278 g/mol. The maximum atomic E-state index is 12.6. The molecular weight excluding hydrogens is 267 g/mol. The monoisotopic (exact) mass is 277 g/mol. The molecule has 1 N–H and O–H groups in total. The minimum absolute atomic E-state index is 0.142. The van der Waals surface area contributed by atoms with Gasteiger partial charge in [0.05, 0.1) is 5.69 Å². The Labute approximate surface area is 107 Å². The summed E-state index contributed by atoms with van der Waals surface area (Å²) >= 11 is 5.63. The summed E-state index contributed by atoms with van der Waals surface area (Å²) in [6.45, 7) is 3.15. The summed E-state index contributed by atoms with van der Waals surface area (Å²) in [6.07, 6.45) is -4.60. The number of hydrogen-bond donors (Lipinski definition) is 1. The molecular formula is C11H11ClF3N3. The lowest BCUT2D eigenvalue weighted by atomic mass is 10.3. The van der Waals surface area contributed by atoms with E-state index in [0.717, 1.165) is 0 Å². The number of hydrogen-bond acceptors (Lipinski definition) is 2. The van der Waals surface area contributed by atoms with E-state index in [4.69, 9.17) is 11.6 Å². The molecule has 0 aromatic heterocycles. The van der Waals surface area contributed by atoms with Crippen molar-refractivity contribution in [1.29, 1.82) is 0 Å². The van der Waals surface area contributed by atoms with E-state index < -0.39 is 12.0 Å². The van der Waals surface area contributed by atoms with E-state index in [1.807, 2.05) is 5.43 Å². The molecule has 0 aliphatic carbocycles. The first-order valence-electron chi connectivity index (χ1n) is 4.97. The predicted octanol–water partition coefficient (Wildman–Crippen LogP) is 3.92.